The van der Waals surface area contributed by atoms with Gasteiger partial charge in [-0.25, -0.2) is 0 Å². The van der Waals surface area contributed by atoms with Gasteiger partial charge in [-0.15, -0.1) is 0 Å². The minimum Gasteiger partial charge on any atom is -0.491 e. The Balaban J connectivity index is 2.34. The number of carbonyl (C=O) groups is 1. The number of ether oxygens (including phenoxy) is 1. The Kier molecular flexibility index (Phi) is 6.89. The van der Waals surface area contributed by atoms with Crippen molar-refractivity contribution >= 4 is 5.91 Å². The van der Waals surface area contributed by atoms with Crippen molar-refractivity contribution in [3.05, 3.63) is 24.0 Å². The van der Waals surface area contributed by atoms with Crippen molar-refractivity contribution < 1.29 is 9.53 Å². The van der Waals surface area contributed by atoms with Gasteiger partial charge in [-0.1, -0.05) is 6.92 Å². The highest BCUT2D eigenvalue weighted by molar-refractivity contribution is 5.75. The predicted molar refractivity (Wildman–Crippen MR) is 75.0 cm³/mol. The molecule has 3 N–H and O–H groups in total. The summed E-state index contributed by atoms with van der Waals surface area (Å²) in [5, 5.41) is 2.72. The fourth-order valence-corrected chi connectivity index (χ4v) is 1.58. The Bertz CT molecular complexity index is 379. The highest BCUT2D eigenvalue weighted by Gasteiger charge is 2.04. The van der Waals surface area contributed by atoms with Gasteiger partial charge >= 0.3 is 0 Å². The van der Waals surface area contributed by atoms with Gasteiger partial charge in [-0.05, 0) is 25.5 Å². The summed E-state index contributed by atoms with van der Waals surface area (Å²) >= 11 is 0. The molecule has 0 aliphatic heterocycles. The number of aromatic nitrogens is 1. The highest BCUT2D eigenvalue weighted by atomic mass is 16.5. The van der Waals surface area contributed by atoms with Crippen LogP contribution in [-0.4, -0.2) is 30.1 Å². The summed E-state index contributed by atoms with van der Waals surface area (Å²) in [6, 6.07) is 3.93. The van der Waals surface area contributed by atoms with Crippen molar-refractivity contribution in [3.8, 4) is 5.75 Å². The second-order valence-electron chi connectivity index (χ2n) is 4.41. The molecule has 1 rings (SSSR count). The van der Waals surface area contributed by atoms with Gasteiger partial charge in [-0.3, -0.25) is 9.78 Å². The summed E-state index contributed by atoms with van der Waals surface area (Å²) in [4.78, 5) is 15.5. The lowest BCUT2D eigenvalue weighted by Gasteiger charge is -2.09. The zero-order valence-corrected chi connectivity index (χ0v) is 11.7. The minimum atomic E-state index is 0.000925. The fourth-order valence-electron chi connectivity index (χ4n) is 1.58. The average Bonchev–Trinajstić information content (AvgIpc) is 2.41. The number of hydrogen-bond donors (Lipinski definition) is 2. The van der Waals surface area contributed by atoms with Crippen LogP contribution in [0.5, 0.6) is 5.75 Å². The number of pyridine rings is 1. The fraction of sp³-hybridized carbons (Fsp3) is 0.571. The molecule has 0 fully saturated rings. The first-order valence-electron chi connectivity index (χ1n) is 6.75. The third kappa shape index (κ3) is 6.20. The lowest BCUT2D eigenvalue weighted by atomic mass is 10.1. The zero-order valence-electron chi connectivity index (χ0n) is 11.7. The van der Waals surface area contributed by atoms with Gasteiger partial charge in [0.1, 0.15) is 5.75 Å². The Morgan fingerprint density at radius 3 is 2.84 bits per heavy atom. The largest absolute Gasteiger partial charge is 0.491 e. The van der Waals surface area contributed by atoms with Gasteiger partial charge in [0, 0.05) is 24.7 Å². The van der Waals surface area contributed by atoms with E-state index in [1.54, 1.807) is 6.20 Å². The molecule has 0 aliphatic carbocycles. The molecule has 0 bridgehead atoms. The van der Waals surface area contributed by atoms with E-state index in [0.29, 0.717) is 25.3 Å². The summed E-state index contributed by atoms with van der Waals surface area (Å²) < 4.78 is 5.45. The van der Waals surface area contributed by atoms with Crippen LogP contribution in [-0.2, 0) is 11.2 Å². The van der Waals surface area contributed by atoms with Crippen LogP contribution >= 0.6 is 0 Å². The molecular weight excluding hydrogens is 242 g/mol. The molecule has 0 saturated carbocycles. The number of rotatable bonds is 8. The smallest absolute Gasteiger partial charge is 0.223 e. The van der Waals surface area contributed by atoms with Gasteiger partial charge in [0.05, 0.1) is 19.2 Å². The van der Waals surface area contributed by atoms with Crippen LogP contribution in [0.4, 0.5) is 0 Å². The molecule has 1 unspecified atom stereocenters. The number of amides is 1. The zero-order chi connectivity index (χ0) is 14.1. The topological polar surface area (TPSA) is 77.2 Å². The molecule has 0 aliphatic rings. The van der Waals surface area contributed by atoms with Crippen molar-refractivity contribution in [2.75, 3.05) is 13.2 Å². The van der Waals surface area contributed by atoms with Crippen LogP contribution in [0.2, 0.25) is 0 Å². The standard InChI is InChI=1S/C14H23N3O2/c1-3-11(15)9-12-5-6-13(10-17-12)19-8-7-14(18)16-4-2/h5-6,10-11H,3-4,7-9,15H2,1-2H3,(H,16,18). The molecular formula is C14H23N3O2. The normalized spacial score (nSPS) is 11.9. The van der Waals surface area contributed by atoms with E-state index in [0.717, 1.165) is 18.5 Å². The Hall–Kier alpha value is -1.62. The quantitative estimate of drug-likeness (QED) is 0.742. The molecule has 5 heteroatoms. The molecule has 0 spiro atoms. The Labute approximate surface area is 114 Å². The van der Waals surface area contributed by atoms with Crippen LogP contribution in [0.15, 0.2) is 18.3 Å². The lowest BCUT2D eigenvalue weighted by Crippen LogP contribution is -2.24. The molecule has 1 aromatic heterocycles. The minimum absolute atomic E-state index is 0.000925. The molecule has 5 nitrogen and oxygen atoms in total. The number of nitrogens with zero attached hydrogens (tertiary/aromatic N) is 1. The van der Waals surface area contributed by atoms with Crippen molar-refractivity contribution in [2.45, 2.75) is 39.2 Å². The van der Waals surface area contributed by atoms with Crippen LogP contribution in [0.25, 0.3) is 0 Å². The average molecular weight is 265 g/mol. The maximum absolute atomic E-state index is 11.2. The number of carbonyl (C=O) groups excluding carboxylic acids is 1. The van der Waals surface area contributed by atoms with Gasteiger partial charge in [0.2, 0.25) is 5.91 Å². The molecule has 1 atom stereocenters. The maximum atomic E-state index is 11.2. The first-order chi connectivity index (χ1) is 9.15. The monoisotopic (exact) mass is 265 g/mol. The van der Waals surface area contributed by atoms with Gasteiger partial charge < -0.3 is 15.8 Å². The van der Waals surface area contributed by atoms with Crippen molar-refractivity contribution in [1.29, 1.82) is 0 Å². The van der Waals surface area contributed by atoms with Gasteiger partial charge in [0.25, 0.3) is 0 Å². The SMILES string of the molecule is CCNC(=O)CCOc1ccc(CC(N)CC)nc1. The van der Waals surface area contributed by atoms with E-state index in [4.69, 9.17) is 10.5 Å². The van der Waals surface area contributed by atoms with E-state index in [1.165, 1.54) is 0 Å². The van der Waals surface area contributed by atoms with Crippen LogP contribution in [0, 0.1) is 0 Å². The summed E-state index contributed by atoms with van der Waals surface area (Å²) in [6.45, 7) is 4.96. The van der Waals surface area contributed by atoms with Gasteiger partial charge in [0.15, 0.2) is 0 Å². The molecule has 0 aromatic carbocycles. The molecule has 0 radical (unpaired) electrons. The second kappa shape index (κ2) is 8.48. The van der Waals surface area contributed by atoms with Crippen molar-refractivity contribution in [2.24, 2.45) is 5.73 Å². The lowest BCUT2D eigenvalue weighted by molar-refractivity contribution is -0.121. The molecule has 1 amide bonds. The summed E-state index contributed by atoms with van der Waals surface area (Å²) in [5.41, 5.74) is 6.83. The highest BCUT2D eigenvalue weighted by Crippen LogP contribution is 2.10. The Morgan fingerprint density at radius 1 is 1.47 bits per heavy atom. The summed E-state index contributed by atoms with van der Waals surface area (Å²) in [6.07, 6.45) is 3.74. The van der Waals surface area contributed by atoms with E-state index >= 15 is 0 Å². The number of nitrogens with two attached hydrogens (primary N) is 1. The van der Waals surface area contributed by atoms with Crippen LogP contribution < -0.4 is 15.8 Å². The van der Waals surface area contributed by atoms with E-state index in [2.05, 4.69) is 17.2 Å². The molecule has 19 heavy (non-hydrogen) atoms. The van der Waals surface area contributed by atoms with Crippen LogP contribution in [0.1, 0.15) is 32.4 Å². The van der Waals surface area contributed by atoms with E-state index in [-0.39, 0.29) is 11.9 Å². The second-order valence-corrected chi connectivity index (χ2v) is 4.41. The first kappa shape index (κ1) is 15.4. The Morgan fingerprint density at radius 2 is 2.26 bits per heavy atom. The van der Waals surface area contributed by atoms with E-state index < -0.39 is 0 Å². The molecule has 1 aromatic rings. The van der Waals surface area contributed by atoms with E-state index in [1.807, 2.05) is 19.1 Å². The molecule has 106 valence electrons. The number of nitrogens with one attached hydrogen (secondary N) is 1. The van der Waals surface area contributed by atoms with Crippen molar-refractivity contribution in [3.63, 3.8) is 0 Å². The summed E-state index contributed by atoms with van der Waals surface area (Å²) in [7, 11) is 0. The first-order valence-corrected chi connectivity index (χ1v) is 6.75. The summed E-state index contributed by atoms with van der Waals surface area (Å²) in [5.74, 6) is 0.680. The van der Waals surface area contributed by atoms with E-state index in [9.17, 15) is 4.79 Å². The number of hydrogen-bond acceptors (Lipinski definition) is 4. The van der Waals surface area contributed by atoms with Gasteiger partial charge in [-0.2, -0.15) is 0 Å². The third-order valence-electron chi connectivity index (χ3n) is 2.77. The van der Waals surface area contributed by atoms with Crippen molar-refractivity contribution in [1.82, 2.24) is 10.3 Å². The maximum Gasteiger partial charge on any atom is 0.223 e. The third-order valence-corrected chi connectivity index (χ3v) is 2.77. The molecule has 1 heterocycles. The molecule has 0 saturated heterocycles. The van der Waals surface area contributed by atoms with Crippen LogP contribution in [0.3, 0.4) is 0 Å². The predicted octanol–water partition coefficient (Wildman–Crippen LogP) is 1.27.